The third kappa shape index (κ3) is 4.33. The number of rotatable bonds is 6. The molecule has 0 aliphatic heterocycles. The maximum absolute atomic E-state index is 11.1. The van der Waals surface area contributed by atoms with Crippen LogP contribution in [0.4, 0.5) is 0 Å². The molecule has 0 aromatic carbocycles. The Bertz CT molecular complexity index is 175. The summed E-state index contributed by atoms with van der Waals surface area (Å²) in [6.45, 7) is 5.19. The molecular formula is C7H13BN2OS. The molecule has 1 amide bonds. The first kappa shape index (κ1) is 11.4. The van der Waals surface area contributed by atoms with E-state index in [0.29, 0.717) is 25.4 Å². The topological polar surface area (TPSA) is 32.7 Å². The fourth-order valence-electron chi connectivity index (χ4n) is 0.773. The minimum atomic E-state index is -0.0762. The van der Waals surface area contributed by atoms with Crippen LogP contribution in [0, 0.1) is 0 Å². The number of hydrogen-bond acceptors (Lipinski definition) is 3. The summed E-state index contributed by atoms with van der Waals surface area (Å²) in [5.74, 6) is 0.573. The first-order valence-corrected chi connectivity index (χ1v) is 4.34. The molecule has 0 saturated heterocycles. The van der Waals surface area contributed by atoms with Crippen molar-refractivity contribution in [3.63, 3.8) is 0 Å². The van der Waals surface area contributed by atoms with Crippen molar-refractivity contribution in [1.29, 1.82) is 0 Å². The fourth-order valence-corrected chi connectivity index (χ4v) is 1.01. The number of carbonyl (C=O) groups is 1. The van der Waals surface area contributed by atoms with Gasteiger partial charge in [0.1, 0.15) is 0 Å². The summed E-state index contributed by atoms with van der Waals surface area (Å²) < 4.78 is 0. The summed E-state index contributed by atoms with van der Waals surface area (Å²) >= 11 is 4.04. The van der Waals surface area contributed by atoms with E-state index in [1.54, 1.807) is 4.90 Å². The van der Waals surface area contributed by atoms with Gasteiger partial charge in [0, 0.05) is 0 Å². The van der Waals surface area contributed by atoms with Gasteiger partial charge in [-0.1, -0.05) is 0 Å². The van der Waals surface area contributed by atoms with Crippen LogP contribution in [0.3, 0.4) is 0 Å². The maximum atomic E-state index is 11.1. The van der Waals surface area contributed by atoms with Gasteiger partial charge in [0.25, 0.3) is 0 Å². The third-order valence-electron chi connectivity index (χ3n) is 1.38. The van der Waals surface area contributed by atoms with E-state index in [1.807, 2.05) is 0 Å². The van der Waals surface area contributed by atoms with Crippen molar-refractivity contribution in [3.8, 4) is 0 Å². The Morgan fingerprint density at radius 2 is 2.33 bits per heavy atom. The third-order valence-corrected chi connectivity index (χ3v) is 1.58. The Kier molecular flexibility index (Phi) is 6.75. The first-order chi connectivity index (χ1) is 5.76. The molecule has 0 aromatic rings. The van der Waals surface area contributed by atoms with Gasteiger partial charge in [-0.2, -0.15) is 0 Å². The molecule has 5 heteroatoms. The zero-order valence-corrected chi connectivity index (χ0v) is 7.96. The van der Waals surface area contributed by atoms with Crippen molar-refractivity contribution in [2.75, 3.05) is 25.4 Å². The molecule has 0 unspecified atom stereocenters. The Hall–Kier alpha value is -0.575. The Morgan fingerprint density at radius 1 is 1.67 bits per heavy atom. The van der Waals surface area contributed by atoms with E-state index in [1.165, 1.54) is 6.08 Å². The van der Waals surface area contributed by atoms with Gasteiger partial charge < -0.3 is 0 Å². The average molecular weight is 184 g/mol. The molecule has 0 aromatic heterocycles. The molecule has 0 N–H and O–H groups in total. The van der Waals surface area contributed by atoms with E-state index in [-0.39, 0.29) is 5.91 Å². The second-order valence-electron chi connectivity index (χ2n) is 2.20. The summed E-state index contributed by atoms with van der Waals surface area (Å²) in [6, 6.07) is 0. The van der Waals surface area contributed by atoms with Gasteiger partial charge in [-0.25, -0.2) is 0 Å². The Labute approximate surface area is 79.4 Å². The molecule has 0 bridgehead atoms. The first-order valence-electron chi connectivity index (χ1n) is 3.71. The zero-order chi connectivity index (χ0) is 9.40. The number of amides is 1. The van der Waals surface area contributed by atoms with Gasteiger partial charge in [0.05, 0.1) is 0 Å². The van der Waals surface area contributed by atoms with Gasteiger partial charge in [0.2, 0.25) is 0 Å². The van der Waals surface area contributed by atoms with Crippen LogP contribution in [0.15, 0.2) is 17.6 Å². The monoisotopic (exact) mass is 184 g/mol. The number of carbonyl (C=O) groups excluding carboxylic acids is 1. The molecule has 0 fully saturated rings. The predicted molar refractivity (Wildman–Crippen MR) is 55.1 cm³/mol. The molecule has 0 atom stereocenters. The zero-order valence-electron chi connectivity index (χ0n) is 7.07. The van der Waals surface area contributed by atoms with Gasteiger partial charge in [-0.3, -0.25) is 0 Å². The van der Waals surface area contributed by atoms with E-state index in [2.05, 4.69) is 31.7 Å². The average Bonchev–Trinajstić information content (AvgIpc) is 2.11. The van der Waals surface area contributed by atoms with Crippen LogP contribution >= 0.6 is 12.6 Å². The Balaban J connectivity index is 3.92. The molecular weight excluding hydrogens is 171 g/mol. The van der Waals surface area contributed by atoms with Crippen molar-refractivity contribution >= 4 is 26.2 Å². The second-order valence-corrected chi connectivity index (χ2v) is 2.65. The van der Waals surface area contributed by atoms with Crippen molar-refractivity contribution in [2.45, 2.75) is 0 Å². The van der Waals surface area contributed by atoms with Gasteiger partial charge in [-0.15, -0.1) is 0 Å². The van der Waals surface area contributed by atoms with Crippen LogP contribution in [-0.4, -0.2) is 43.8 Å². The van der Waals surface area contributed by atoms with Gasteiger partial charge in [0.15, 0.2) is 0 Å². The normalized spacial score (nSPS) is 9.00. The van der Waals surface area contributed by atoms with Crippen LogP contribution in [-0.2, 0) is 4.79 Å². The molecule has 0 spiro atoms. The number of thiol groups is 1. The van der Waals surface area contributed by atoms with E-state index < -0.39 is 0 Å². The van der Waals surface area contributed by atoms with Crippen LogP contribution in [0.25, 0.3) is 0 Å². The fraction of sp³-hybridized carbons (Fsp3) is 0.571. The van der Waals surface area contributed by atoms with E-state index in [4.69, 9.17) is 0 Å². The molecule has 0 saturated carbocycles. The van der Waals surface area contributed by atoms with Crippen molar-refractivity contribution in [1.82, 2.24) is 4.90 Å². The van der Waals surface area contributed by atoms with Gasteiger partial charge >= 0.3 is 78.8 Å². The van der Waals surface area contributed by atoms with E-state index >= 15 is 0 Å². The van der Waals surface area contributed by atoms with Crippen molar-refractivity contribution in [3.05, 3.63) is 12.7 Å². The number of hydrogen-bond donors (Lipinski definition) is 1. The van der Waals surface area contributed by atoms with Crippen molar-refractivity contribution in [2.24, 2.45) is 4.90 Å². The number of nitrogens with zero attached hydrogens (tertiary/aromatic N) is 2. The Morgan fingerprint density at radius 3 is 2.75 bits per heavy atom. The molecule has 66 valence electrons. The molecule has 3 nitrogen and oxygen atoms in total. The van der Waals surface area contributed by atoms with E-state index in [9.17, 15) is 4.79 Å². The minimum absolute atomic E-state index is 0.0762. The molecule has 0 heterocycles. The summed E-state index contributed by atoms with van der Waals surface area (Å²) in [6.07, 6.45) is 1.30. The predicted octanol–water partition coefficient (Wildman–Crippen LogP) is 0.0152. The van der Waals surface area contributed by atoms with Crippen LogP contribution in [0.1, 0.15) is 0 Å². The molecule has 0 aliphatic carbocycles. The van der Waals surface area contributed by atoms with Crippen LogP contribution < -0.4 is 0 Å². The summed E-state index contributed by atoms with van der Waals surface area (Å²) in [5, 5.41) is 0. The van der Waals surface area contributed by atoms with Crippen LogP contribution in [0.5, 0.6) is 0 Å². The standard InChI is InChI=1S/C7H13BN2OS/c1-2-7(11)10(5-6-12)4-3-9-8/h2,8,12H,1,3-6H2. The van der Waals surface area contributed by atoms with Gasteiger partial charge in [-0.05, 0) is 0 Å². The van der Waals surface area contributed by atoms with E-state index in [0.717, 1.165) is 0 Å². The summed E-state index contributed by atoms with van der Waals surface area (Å²) in [5.41, 5.74) is 0. The SMILES string of the molecule is B=NCCN(CCS)C(=O)C=C. The summed E-state index contributed by atoms with van der Waals surface area (Å²) in [4.78, 5) is 16.4. The quantitative estimate of drug-likeness (QED) is 0.352. The van der Waals surface area contributed by atoms with Crippen molar-refractivity contribution < 1.29 is 4.79 Å². The summed E-state index contributed by atoms with van der Waals surface area (Å²) in [7, 11) is 3.35. The molecule has 12 heavy (non-hydrogen) atoms. The molecule has 0 rings (SSSR count). The molecule has 0 radical (unpaired) electrons. The van der Waals surface area contributed by atoms with Crippen LogP contribution in [0.2, 0.25) is 0 Å². The second kappa shape index (κ2) is 7.09. The molecule has 0 aliphatic rings.